The molecule has 3 aromatic rings. The van der Waals surface area contributed by atoms with Gasteiger partial charge in [-0.15, -0.1) is 10.2 Å². The summed E-state index contributed by atoms with van der Waals surface area (Å²) in [4.78, 5) is 15.5. The number of carbonyl (C=O) groups is 1. The number of hydrogen-bond donors (Lipinski definition) is 1. The highest BCUT2D eigenvalue weighted by Crippen LogP contribution is 2.46. The fourth-order valence-electron chi connectivity index (χ4n) is 4.93. The lowest BCUT2D eigenvalue weighted by Crippen LogP contribution is -2.64. The molecule has 31 heavy (non-hydrogen) atoms. The maximum Gasteiger partial charge on any atom is 0.255 e. The Morgan fingerprint density at radius 3 is 2.45 bits per heavy atom. The van der Waals surface area contributed by atoms with Crippen LogP contribution in [0.15, 0.2) is 46.9 Å². The molecule has 1 saturated carbocycles. The van der Waals surface area contributed by atoms with Gasteiger partial charge in [0, 0.05) is 19.0 Å². The lowest BCUT2D eigenvalue weighted by Gasteiger charge is -2.46. The van der Waals surface area contributed by atoms with Crippen LogP contribution in [-0.4, -0.2) is 51.0 Å². The molecule has 0 spiro atoms. The zero-order chi connectivity index (χ0) is 21.2. The molecule has 7 heteroatoms. The number of hydrogen-bond acceptors (Lipinski definition) is 6. The highest BCUT2D eigenvalue weighted by Gasteiger charge is 2.55. The van der Waals surface area contributed by atoms with Crippen LogP contribution in [0, 0.1) is 12.8 Å². The van der Waals surface area contributed by atoms with Crippen molar-refractivity contribution in [3.05, 3.63) is 59.5 Å². The summed E-state index contributed by atoms with van der Waals surface area (Å²) in [6.07, 6.45) is 2.10. The van der Waals surface area contributed by atoms with Gasteiger partial charge in [-0.05, 0) is 47.6 Å². The number of aryl methyl sites for hydroxylation is 1. The maximum absolute atomic E-state index is 13.6. The predicted molar refractivity (Wildman–Crippen MR) is 112 cm³/mol. The number of fused-ring (bicyclic) bond motifs is 1. The molecule has 1 aromatic heterocycles. The SMILES string of the molecule is Cc1nnc(-c2ccc(-c3cccc4c3C(=O)N([C@H](C3CC3)C3(O)COC3)C4)cc2)o1. The first-order chi connectivity index (χ1) is 15.0. The number of aliphatic hydroxyl groups is 1. The summed E-state index contributed by atoms with van der Waals surface area (Å²) in [6.45, 7) is 2.90. The van der Waals surface area contributed by atoms with Crippen LogP contribution < -0.4 is 0 Å². The monoisotopic (exact) mass is 417 g/mol. The van der Waals surface area contributed by atoms with E-state index in [2.05, 4.69) is 10.2 Å². The largest absolute Gasteiger partial charge is 0.421 e. The van der Waals surface area contributed by atoms with Crippen LogP contribution in [0.25, 0.3) is 22.6 Å². The average Bonchev–Trinajstić information content (AvgIpc) is 3.41. The molecule has 0 unspecified atom stereocenters. The van der Waals surface area contributed by atoms with Crippen molar-refractivity contribution in [3.8, 4) is 22.6 Å². The van der Waals surface area contributed by atoms with E-state index < -0.39 is 5.60 Å². The molecule has 7 nitrogen and oxygen atoms in total. The van der Waals surface area contributed by atoms with E-state index in [0.29, 0.717) is 37.5 Å². The van der Waals surface area contributed by atoms with Crippen LogP contribution in [0.1, 0.15) is 34.7 Å². The molecule has 0 bridgehead atoms. The highest BCUT2D eigenvalue weighted by molar-refractivity contribution is 6.04. The quantitative estimate of drug-likeness (QED) is 0.686. The summed E-state index contributed by atoms with van der Waals surface area (Å²) in [6, 6.07) is 13.6. The van der Waals surface area contributed by atoms with Crippen molar-refractivity contribution < 1.29 is 19.1 Å². The fourth-order valence-corrected chi connectivity index (χ4v) is 4.93. The van der Waals surface area contributed by atoms with E-state index in [9.17, 15) is 9.90 Å². The minimum Gasteiger partial charge on any atom is -0.421 e. The molecular formula is C24H23N3O4. The van der Waals surface area contributed by atoms with Gasteiger partial charge in [-0.3, -0.25) is 4.79 Å². The third kappa shape index (κ3) is 2.99. The van der Waals surface area contributed by atoms with Crippen LogP contribution in [0.3, 0.4) is 0 Å². The van der Waals surface area contributed by atoms with E-state index >= 15 is 0 Å². The van der Waals surface area contributed by atoms with Crippen LogP contribution in [0.2, 0.25) is 0 Å². The summed E-state index contributed by atoms with van der Waals surface area (Å²) in [5.74, 6) is 1.36. The maximum atomic E-state index is 13.6. The third-order valence-corrected chi connectivity index (χ3v) is 6.59. The lowest BCUT2D eigenvalue weighted by molar-refractivity contribution is -0.211. The molecule has 1 N–H and O–H groups in total. The minimum absolute atomic E-state index is 0.000530. The molecule has 3 heterocycles. The van der Waals surface area contributed by atoms with Crippen LogP contribution in [0.4, 0.5) is 0 Å². The van der Waals surface area contributed by atoms with E-state index in [1.54, 1.807) is 6.92 Å². The summed E-state index contributed by atoms with van der Waals surface area (Å²) in [7, 11) is 0. The molecule has 2 aromatic carbocycles. The third-order valence-electron chi connectivity index (χ3n) is 6.59. The van der Waals surface area contributed by atoms with E-state index in [0.717, 1.165) is 40.7 Å². The second-order valence-corrected chi connectivity index (χ2v) is 8.85. The number of nitrogens with zero attached hydrogens (tertiary/aromatic N) is 3. The number of carbonyl (C=O) groups excluding carboxylic acids is 1. The first-order valence-corrected chi connectivity index (χ1v) is 10.7. The van der Waals surface area contributed by atoms with Crippen molar-refractivity contribution in [2.24, 2.45) is 5.92 Å². The van der Waals surface area contributed by atoms with Crippen molar-refractivity contribution >= 4 is 5.91 Å². The Balaban J connectivity index is 1.34. The second kappa shape index (κ2) is 6.73. The van der Waals surface area contributed by atoms with Crippen molar-refractivity contribution in [2.45, 2.75) is 38.0 Å². The zero-order valence-corrected chi connectivity index (χ0v) is 17.2. The van der Waals surface area contributed by atoms with Gasteiger partial charge in [0.1, 0.15) is 5.60 Å². The van der Waals surface area contributed by atoms with E-state index in [1.807, 2.05) is 47.4 Å². The molecule has 1 atom stereocenters. The molecule has 1 saturated heterocycles. The Kier molecular flexibility index (Phi) is 4.07. The summed E-state index contributed by atoms with van der Waals surface area (Å²) in [5, 5.41) is 19.0. The molecular weight excluding hydrogens is 394 g/mol. The van der Waals surface area contributed by atoms with Gasteiger partial charge in [-0.1, -0.05) is 30.3 Å². The van der Waals surface area contributed by atoms with Gasteiger partial charge >= 0.3 is 0 Å². The Labute approximate surface area is 179 Å². The summed E-state index contributed by atoms with van der Waals surface area (Å²) >= 11 is 0. The Bertz CT molecular complexity index is 1160. The lowest BCUT2D eigenvalue weighted by atomic mass is 9.87. The Hall–Kier alpha value is -3.03. The average molecular weight is 417 g/mol. The van der Waals surface area contributed by atoms with Gasteiger partial charge in [-0.2, -0.15) is 0 Å². The molecule has 2 fully saturated rings. The molecule has 158 valence electrons. The van der Waals surface area contributed by atoms with Gasteiger partial charge in [0.15, 0.2) is 0 Å². The van der Waals surface area contributed by atoms with E-state index in [-0.39, 0.29) is 11.9 Å². The minimum atomic E-state index is -0.928. The molecule has 1 aliphatic carbocycles. The highest BCUT2D eigenvalue weighted by atomic mass is 16.5. The number of benzene rings is 2. The number of rotatable bonds is 5. The van der Waals surface area contributed by atoms with E-state index in [4.69, 9.17) is 9.15 Å². The first-order valence-electron chi connectivity index (χ1n) is 10.7. The van der Waals surface area contributed by atoms with Gasteiger partial charge in [0.05, 0.1) is 24.8 Å². The first kappa shape index (κ1) is 18.7. The normalized spacial score (nSPS) is 20.5. The standard InChI is InChI=1S/C24H23N3O4/c1-14-25-26-22(31-14)17-9-5-15(6-10-17)19-4-2-3-18-11-27(23(28)20(18)19)21(16-7-8-16)24(29)12-30-13-24/h2-6,9-10,16,21,29H,7-8,11-13H2,1H3/t21-/m1/s1. The van der Waals surface area contributed by atoms with Crippen molar-refractivity contribution in [1.29, 1.82) is 0 Å². The molecule has 6 rings (SSSR count). The van der Waals surface area contributed by atoms with Crippen molar-refractivity contribution in [2.75, 3.05) is 13.2 Å². The zero-order valence-electron chi connectivity index (χ0n) is 17.2. The van der Waals surface area contributed by atoms with Crippen LogP contribution in [-0.2, 0) is 11.3 Å². The smallest absolute Gasteiger partial charge is 0.255 e. The van der Waals surface area contributed by atoms with Gasteiger partial charge in [0.25, 0.3) is 5.91 Å². The van der Waals surface area contributed by atoms with Crippen molar-refractivity contribution in [3.63, 3.8) is 0 Å². The van der Waals surface area contributed by atoms with Crippen LogP contribution >= 0.6 is 0 Å². The predicted octanol–water partition coefficient (Wildman–Crippen LogP) is 3.21. The number of aromatic nitrogens is 2. The fraction of sp³-hybridized carbons (Fsp3) is 0.375. The van der Waals surface area contributed by atoms with Gasteiger partial charge in [-0.25, -0.2) is 0 Å². The Morgan fingerprint density at radius 2 is 1.84 bits per heavy atom. The number of amides is 1. The second-order valence-electron chi connectivity index (χ2n) is 8.85. The molecule has 0 radical (unpaired) electrons. The van der Waals surface area contributed by atoms with Crippen molar-refractivity contribution in [1.82, 2.24) is 15.1 Å². The van der Waals surface area contributed by atoms with Gasteiger partial charge < -0.3 is 19.2 Å². The molecule has 3 aliphatic rings. The Morgan fingerprint density at radius 1 is 1.10 bits per heavy atom. The molecule has 2 aliphatic heterocycles. The van der Waals surface area contributed by atoms with E-state index in [1.165, 1.54) is 0 Å². The summed E-state index contributed by atoms with van der Waals surface area (Å²) in [5.41, 5.74) is 3.52. The molecule has 1 amide bonds. The van der Waals surface area contributed by atoms with Gasteiger partial charge in [0.2, 0.25) is 11.8 Å². The van der Waals surface area contributed by atoms with Crippen LogP contribution in [0.5, 0.6) is 0 Å². The summed E-state index contributed by atoms with van der Waals surface area (Å²) < 4.78 is 10.8. The number of ether oxygens (including phenoxy) is 1. The topological polar surface area (TPSA) is 88.7 Å².